The number of halogens is 1. The summed E-state index contributed by atoms with van der Waals surface area (Å²) >= 11 is 3.29. The molecular weight excluding hydrogens is 320 g/mol. The van der Waals surface area contributed by atoms with E-state index in [1.54, 1.807) is 23.2 Å². The second-order valence-corrected chi connectivity index (χ2v) is 5.72. The van der Waals surface area contributed by atoms with Gasteiger partial charge in [0.2, 0.25) is 0 Å². The fraction of sp³-hybridized carbons (Fsp3) is 0.333. The molecule has 2 aromatic rings. The van der Waals surface area contributed by atoms with E-state index in [2.05, 4.69) is 20.9 Å². The zero-order valence-corrected chi connectivity index (χ0v) is 13.3. The van der Waals surface area contributed by atoms with E-state index in [1.807, 2.05) is 32.9 Å². The monoisotopic (exact) mass is 336 g/mol. The van der Waals surface area contributed by atoms with Gasteiger partial charge in [0.25, 0.3) is 5.91 Å². The zero-order chi connectivity index (χ0) is 14.7. The Morgan fingerprint density at radius 3 is 2.70 bits per heavy atom. The van der Waals surface area contributed by atoms with Gasteiger partial charge in [0.05, 0.1) is 6.54 Å². The molecule has 0 aliphatic rings. The van der Waals surface area contributed by atoms with E-state index in [0.29, 0.717) is 16.7 Å². The van der Waals surface area contributed by atoms with E-state index in [-0.39, 0.29) is 11.9 Å². The van der Waals surface area contributed by atoms with E-state index in [0.717, 1.165) is 11.5 Å². The van der Waals surface area contributed by atoms with E-state index in [4.69, 9.17) is 4.42 Å². The Labute approximate surface area is 126 Å². The van der Waals surface area contributed by atoms with Crippen molar-refractivity contribution in [3.8, 4) is 0 Å². The standard InChI is InChI=1S/C15H17BrN2O2/c1-10(2)18(9-13-5-4-11(3)20-13)15(19)12-6-7-17-14(16)8-12/h4-8,10H,9H2,1-3H3. The number of nitrogens with zero attached hydrogens (tertiary/aromatic N) is 2. The molecule has 0 unspecified atom stereocenters. The molecule has 0 aliphatic heterocycles. The summed E-state index contributed by atoms with van der Waals surface area (Å²) < 4.78 is 6.21. The van der Waals surface area contributed by atoms with Crippen LogP contribution in [0, 0.1) is 6.92 Å². The lowest BCUT2D eigenvalue weighted by molar-refractivity contribution is 0.0675. The lowest BCUT2D eigenvalue weighted by Crippen LogP contribution is -2.36. The van der Waals surface area contributed by atoms with Gasteiger partial charge in [0.15, 0.2) is 0 Å². The van der Waals surface area contributed by atoms with Gasteiger partial charge < -0.3 is 9.32 Å². The number of carbonyl (C=O) groups is 1. The molecule has 20 heavy (non-hydrogen) atoms. The molecule has 1 amide bonds. The van der Waals surface area contributed by atoms with Crippen molar-refractivity contribution in [3.05, 3.63) is 52.1 Å². The van der Waals surface area contributed by atoms with Crippen LogP contribution in [0.15, 0.2) is 39.5 Å². The van der Waals surface area contributed by atoms with Crippen LogP contribution in [0.1, 0.15) is 35.7 Å². The van der Waals surface area contributed by atoms with Gasteiger partial charge in [-0.05, 0) is 61.0 Å². The fourth-order valence-electron chi connectivity index (χ4n) is 1.93. The van der Waals surface area contributed by atoms with Crippen molar-refractivity contribution < 1.29 is 9.21 Å². The largest absolute Gasteiger partial charge is 0.464 e. The van der Waals surface area contributed by atoms with Crippen LogP contribution in [-0.2, 0) is 6.54 Å². The van der Waals surface area contributed by atoms with Gasteiger partial charge in [0, 0.05) is 17.8 Å². The zero-order valence-electron chi connectivity index (χ0n) is 11.8. The first-order valence-electron chi connectivity index (χ1n) is 6.45. The van der Waals surface area contributed by atoms with Gasteiger partial charge in [-0.1, -0.05) is 0 Å². The number of pyridine rings is 1. The Morgan fingerprint density at radius 2 is 2.15 bits per heavy atom. The van der Waals surface area contributed by atoms with Crippen LogP contribution in [0.4, 0.5) is 0 Å². The maximum Gasteiger partial charge on any atom is 0.254 e. The molecule has 106 valence electrons. The fourth-order valence-corrected chi connectivity index (χ4v) is 2.29. The molecule has 0 N–H and O–H groups in total. The van der Waals surface area contributed by atoms with Gasteiger partial charge >= 0.3 is 0 Å². The molecule has 0 saturated carbocycles. The Balaban J connectivity index is 2.22. The molecule has 0 aromatic carbocycles. The van der Waals surface area contributed by atoms with Crippen LogP contribution in [0.25, 0.3) is 0 Å². The highest BCUT2D eigenvalue weighted by atomic mass is 79.9. The summed E-state index contributed by atoms with van der Waals surface area (Å²) in [5.41, 5.74) is 0.615. The predicted molar refractivity (Wildman–Crippen MR) is 80.4 cm³/mol. The van der Waals surface area contributed by atoms with Crippen molar-refractivity contribution in [3.63, 3.8) is 0 Å². The molecule has 0 fully saturated rings. The molecule has 2 heterocycles. The first-order valence-corrected chi connectivity index (χ1v) is 7.24. The van der Waals surface area contributed by atoms with Crippen molar-refractivity contribution >= 4 is 21.8 Å². The minimum atomic E-state index is -0.0304. The molecular formula is C15H17BrN2O2. The molecule has 5 heteroatoms. The minimum absolute atomic E-state index is 0.0304. The molecule has 0 bridgehead atoms. The lowest BCUT2D eigenvalue weighted by Gasteiger charge is -2.26. The smallest absolute Gasteiger partial charge is 0.254 e. The number of hydrogen-bond donors (Lipinski definition) is 0. The highest BCUT2D eigenvalue weighted by Gasteiger charge is 2.20. The van der Waals surface area contributed by atoms with Gasteiger partial charge in [-0.2, -0.15) is 0 Å². The second kappa shape index (κ2) is 6.22. The Bertz CT molecular complexity index is 607. The van der Waals surface area contributed by atoms with E-state index in [9.17, 15) is 4.79 Å². The summed E-state index contributed by atoms with van der Waals surface area (Å²) in [6.07, 6.45) is 1.62. The average Bonchev–Trinajstić information content (AvgIpc) is 2.80. The topological polar surface area (TPSA) is 46.3 Å². The van der Waals surface area contributed by atoms with Crippen LogP contribution < -0.4 is 0 Å². The normalized spacial score (nSPS) is 10.8. The van der Waals surface area contributed by atoms with Crippen LogP contribution in [0.3, 0.4) is 0 Å². The van der Waals surface area contributed by atoms with Crippen LogP contribution in [-0.4, -0.2) is 21.8 Å². The van der Waals surface area contributed by atoms with Crippen LogP contribution in [0.2, 0.25) is 0 Å². The first-order chi connectivity index (χ1) is 9.47. The molecule has 2 rings (SSSR count). The molecule has 0 aliphatic carbocycles. The third-order valence-corrected chi connectivity index (χ3v) is 3.41. The number of furan rings is 1. The summed E-state index contributed by atoms with van der Waals surface area (Å²) in [5.74, 6) is 1.61. The van der Waals surface area contributed by atoms with E-state index >= 15 is 0 Å². The second-order valence-electron chi connectivity index (χ2n) is 4.91. The maximum absolute atomic E-state index is 12.6. The molecule has 2 aromatic heterocycles. The van der Waals surface area contributed by atoms with Gasteiger partial charge in [0.1, 0.15) is 16.1 Å². The number of hydrogen-bond acceptors (Lipinski definition) is 3. The molecule has 0 spiro atoms. The highest BCUT2D eigenvalue weighted by molar-refractivity contribution is 9.10. The Kier molecular flexibility index (Phi) is 4.60. The third-order valence-electron chi connectivity index (χ3n) is 2.98. The van der Waals surface area contributed by atoms with E-state index < -0.39 is 0 Å². The summed E-state index contributed by atoms with van der Waals surface area (Å²) in [6.45, 7) is 6.34. The van der Waals surface area contributed by atoms with Gasteiger partial charge in [-0.3, -0.25) is 4.79 Å². The van der Waals surface area contributed by atoms with Gasteiger partial charge in [-0.25, -0.2) is 4.98 Å². The van der Waals surface area contributed by atoms with Crippen LogP contribution >= 0.6 is 15.9 Å². The number of carbonyl (C=O) groups excluding carboxylic acids is 1. The van der Waals surface area contributed by atoms with Crippen molar-refractivity contribution in [2.45, 2.75) is 33.4 Å². The van der Waals surface area contributed by atoms with Crippen molar-refractivity contribution in [2.24, 2.45) is 0 Å². The van der Waals surface area contributed by atoms with E-state index in [1.165, 1.54) is 0 Å². The Morgan fingerprint density at radius 1 is 1.40 bits per heavy atom. The highest BCUT2D eigenvalue weighted by Crippen LogP contribution is 2.16. The van der Waals surface area contributed by atoms with Crippen molar-refractivity contribution in [1.82, 2.24) is 9.88 Å². The SMILES string of the molecule is Cc1ccc(CN(C(=O)c2ccnc(Br)c2)C(C)C)o1. The molecule has 0 atom stereocenters. The van der Waals surface area contributed by atoms with Crippen molar-refractivity contribution in [1.29, 1.82) is 0 Å². The number of rotatable bonds is 4. The summed E-state index contributed by atoms with van der Waals surface area (Å²) in [4.78, 5) is 18.4. The first kappa shape index (κ1) is 14.8. The predicted octanol–water partition coefficient (Wildman–Crippen LogP) is 3.80. The Hall–Kier alpha value is -1.62. The number of aromatic nitrogens is 1. The van der Waals surface area contributed by atoms with Crippen LogP contribution in [0.5, 0.6) is 0 Å². The quantitative estimate of drug-likeness (QED) is 0.798. The number of amides is 1. The maximum atomic E-state index is 12.6. The average molecular weight is 337 g/mol. The van der Waals surface area contributed by atoms with Gasteiger partial charge in [-0.15, -0.1) is 0 Å². The summed E-state index contributed by atoms with van der Waals surface area (Å²) in [7, 11) is 0. The van der Waals surface area contributed by atoms with Crippen molar-refractivity contribution in [2.75, 3.05) is 0 Å². The summed E-state index contributed by atoms with van der Waals surface area (Å²) in [5, 5.41) is 0. The molecule has 0 saturated heterocycles. The molecule has 4 nitrogen and oxygen atoms in total. The third kappa shape index (κ3) is 3.48. The lowest BCUT2D eigenvalue weighted by atomic mass is 10.2. The number of aryl methyl sites for hydroxylation is 1. The minimum Gasteiger partial charge on any atom is -0.464 e. The molecule has 0 radical (unpaired) electrons. The summed E-state index contributed by atoms with van der Waals surface area (Å²) in [6, 6.07) is 7.34.